The Morgan fingerprint density at radius 1 is 1.39 bits per heavy atom. The molecule has 0 radical (unpaired) electrons. The predicted octanol–water partition coefficient (Wildman–Crippen LogP) is 3.16. The highest BCUT2D eigenvalue weighted by molar-refractivity contribution is 7.99. The summed E-state index contributed by atoms with van der Waals surface area (Å²) in [5.74, 6) is 2.17. The molecule has 0 fully saturated rings. The highest BCUT2D eigenvalue weighted by atomic mass is 32.2. The van der Waals surface area contributed by atoms with E-state index in [-0.39, 0.29) is 11.7 Å². The number of hydrogen-bond acceptors (Lipinski definition) is 5. The molecular formula is C16H22N4O2S. The van der Waals surface area contributed by atoms with Crippen LogP contribution in [0.1, 0.15) is 32.5 Å². The Hall–Kier alpha value is -2.02. The molecule has 1 amide bonds. The standard InChI is InChI=1S/C16H22N4O2S/c1-5-20-15(11(2)3)18-19-16(20)23-10-14(21)17-12-7-6-8-13(9-12)22-4/h6-9,11H,5,10H2,1-4H3,(H,17,21). The smallest absolute Gasteiger partial charge is 0.234 e. The monoisotopic (exact) mass is 334 g/mol. The van der Waals surface area contributed by atoms with E-state index in [1.165, 1.54) is 11.8 Å². The number of benzene rings is 1. The van der Waals surface area contributed by atoms with Crippen LogP contribution in [0.4, 0.5) is 5.69 Å². The second kappa shape index (κ2) is 8.01. The molecule has 0 saturated heterocycles. The van der Waals surface area contributed by atoms with Gasteiger partial charge in [0, 0.05) is 24.2 Å². The molecule has 1 aromatic heterocycles. The Morgan fingerprint density at radius 3 is 2.83 bits per heavy atom. The first-order chi connectivity index (χ1) is 11.0. The molecule has 0 unspecified atom stereocenters. The molecule has 0 aliphatic carbocycles. The van der Waals surface area contributed by atoms with E-state index in [9.17, 15) is 4.79 Å². The lowest BCUT2D eigenvalue weighted by molar-refractivity contribution is -0.113. The van der Waals surface area contributed by atoms with Gasteiger partial charge in [0.25, 0.3) is 0 Å². The zero-order chi connectivity index (χ0) is 16.8. The second-order valence-electron chi connectivity index (χ2n) is 5.31. The van der Waals surface area contributed by atoms with Crippen molar-refractivity contribution in [2.45, 2.75) is 38.4 Å². The number of nitrogens with zero attached hydrogens (tertiary/aromatic N) is 3. The summed E-state index contributed by atoms with van der Waals surface area (Å²) in [6, 6.07) is 7.29. The van der Waals surface area contributed by atoms with Crippen molar-refractivity contribution in [3.8, 4) is 5.75 Å². The number of nitrogens with one attached hydrogen (secondary N) is 1. The maximum atomic E-state index is 12.1. The molecular weight excluding hydrogens is 312 g/mol. The van der Waals surface area contributed by atoms with Crippen molar-refractivity contribution < 1.29 is 9.53 Å². The van der Waals surface area contributed by atoms with Crippen molar-refractivity contribution in [3.63, 3.8) is 0 Å². The van der Waals surface area contributed by atoms with Gasteiger partial charge in [0.1, 0.15) is 11.6 Å². The van der Waals surface area contributed by atoms with Gasteiger partial charge < -0.3 is 14.6 Å². The summed E-state index contributed by atoms with van der Waals surface area (Å²) in [7, 11) is 1.60. The molecule has 23 heavy (non-hydrogen) atoms. The summed E-state index contributed by atoms with van der Waals surface area (Å²) in [6.07, 6.45) is 0. The number of carbonyl (C=O) groups is 1. The molecule has 0 bridgehead atoms. The van der Waals surface area contributed by atoms with E-state index in [1.54, 1.807) is 13.2 Å². The summed E-state index contributed by atoms with van der Waals surface area (Å²) >= 11 is 1.39. The number of carbonyl (C=O) groups excluding carboxylic acids is 1. The van der Waals surface area contributed by atoms with Crippen LogP contribution in [-0.4, -0.2) is 33.5 Å². The number of rotatable bonds is 7. The minimum absolute atomic E-state index is 0.0833. The first-order valence-corrected chi connectivity index (χ1v) is 8.53. The molecule has 2 aromatic rings. The molecule has 0 saturated carbocycles. The zero-order valence-corrected chi connectivity index (χ0v) is 14.7. The van der Waals surface area contributed by atoms with E-state index < -0.39 is 0 Å². The first kappa shape index (κ1) is 17.3. The molecule has 124 valence electrons. The second-order valence-corrected chi connectivity index (χ2v) is 6.25. The minimum Gasteiger partial charge on any atom is -0.497 e. The summed E-state index contributed by atoms with van der Waals surface area (Å²) in [5.41, 5.74) is 0.717. The molecule has 0 spiro atoms. The van der Waals surface area contributed by atoms with Crippen molar-refractivity contribution >= 4 is 23.4 Å². The molecule has 6 nitrogen and oxygen atoms in total. The van der Waals surface area contributed by atoms with Gasteiger partial charge in [0.05, 0.1) is 12.9 Å². The van der Waals surface area contributed by atoms with Crippen LogP contribution in [0.5, 0.6) is 5.75 Å². The van der Waals surface area contributed by atoms with Gasteiger partial charge in [-0.1, -0.05) is 31.7 Å². The normalized spacial score (nSPS) is 10.8. The van der Waals surface area contributed by atoms with E-state index in [4.69, 9.17) is 4.74 Å². The molecule has 7 heteroatoms. The SMILES string of the molecule is CCn1c(SCC(=O)Nc2cccc(OC)c2)nnc1C(C)C. The lowest BCUT2D eigenvalue weighted by atomic mass is 10.2. The number of thioether (sulfide) groups is 1. The van der Waals surface area contributed by atoms with Crippen LogP contribution in [0.2, 0.25) is 0 Å². The Kier molecular flexibility index (Phi) is 6.04. The topological polar surface area (TPSA) is 69.0 Å². The fourth-order valence-electron chi connectivity index (χ4n) is 2.16. The summed E-state index contributed by atoms with van der Waals surface area (Å²) in [5, 5.41) is 12.0. The molecule has 0 aliphatic heterocycles. The largest absolute Gasteiger partial charge is 0.497 e. The van der Waals surface area contributed by atoms with Gasteiger partial charge in [-0.2, -0.15) is 0 Å². The van der Waals surface area contributed by atoms with Gasteiger partial charge in [-0.25, -0.2) is 0 Å². The minimum atomic E-state index is -0.0833. The number of methoxy groups -OCH3 is 1. The maximum absolute atomic E-state index is 12.1. The van der Waals surface area contributed by atoms with Crippen molar-refractivity contribution in [1.29, 1.82) is 0 Å². The van der Waals surface area contributed by atoms with E-state index in [0.717, 1.165) is 23.2 Å². The number of ether oxygens (including phenoxy) is 1. The van der Waals surface area contributed by atoms with Crippen LogP contribution >= 0.6 is 11.8 Å². The average Bonchev–Trinajstić information content (AvgIpc) is 2.96. The number of amides is 1. The Balaban J connectivity index is 1.96. The van der Waals surface area contributed by atoms with E-state index >= 15 is 0 Å². The van der Waals surface area contributed by atoms with Crippen molar-refractivity contribution in [2.75, 3.05) is 18.2 Å². The number of aromatic nitrogens is 3. The van der Waals surface area contributed by atoms with Crippen LogP contribution in [0, 0.1) is 0 Å². The Morgan fingerprint density at radius 2 is 2.17 bits per heavy atom. The lowest BCUT2D eigenvalue weighted by Crippen LogP contribution is -2.14. The van der Waals surface area contributed by atoms with Crippen LogP contribution < -0.4 is 10.1 Å². The molecule has 1 N–H and O–H groups in total. The Labute approximate surface area is 140 Å². The number of anilines is 1. The van der Waals surface area contributed by atoms with E-state index in [0.29, 0.717) is 11.7 Å². The average molecular weight is 334 g/mol. The summed E-state index contributed by atoms with van der Waals surface area (Å²) < 4.78 is 7.19. The van der Waals surface area contributed by atoms with Crippen molar-refractivity contribution in [2.24, 2.45) is 0 Å². The highest BCUT2D eigenvalue weighted by Crippen LogP contribution is 2.22. The predicted molar refractivity (Wildman–Crippen MR) is 92.1 cm³/mol. The molecule has 0 aliphatic rings. The third-order valence-electron chi connectivity index (χ3n) is 3.26. The van der Waals surface area contributed by atoms with Gasteiger partial charge in [-0.05, 0) is 19.1 Å². The van der Waals surface area contributed by atoms with Gasteiger partial charge in [-0.3, -0.25) is 4.79 Å². The summed E-state index contributed by atoms with van der Waals surface area (Å²) in [4.78, 5) is 12.1. The van der Waals surface area contributed by atoms with Gasteiger partial charge in [-0.15, -0.1) is 10.2 Å². The molecule has 1 aromatic carbocycles. The van der Waals surface area contributed by atoms with Gasteiger partial charge in [0.15, 0.2) is 5.16 Å². The van der Waals surface area contributed by atoms with E-state index in [1.807, 2.05) is 22.8 Å². The van der Waals surface area contributed by atoms with Crippen LogP contribution in [0.15, 0.2) is 29.4 Å². The van der Waals surface area contributed by atoms with Crippen LogP contribution in [0.3, 0.4) is 0 Å². The summed E-state index contributed by atoms with van der Waals surface area (Å²) in [6.45, 7) is 7.01. The lowest BCUT2D eigenvalue weighted by Gasteiger charge is -2.09. The van der Waals surface area contributed by atoms with Crippen molar-refractivity contribution in [1.82, 2.24) is 14.8 Å². The molecule has 0 atom stereocenters. The zero-order valence-electron chi connectivity index (χ0n) is 13.9. The van der Waals surface area contributed by atoms with Crippen LogP contribution in [-0.2, 0) is 11.3 Å². The third kappa shape index (κ3) is 4.48. The fraction of sp³-hybridized carbons (Fsp3) is 0.438. The van der Waals surface area contributed by atoms with Gasteiger partial charge >= 0.3 is 0 Å². The van der Waals surface area contributed by atoms with Crippen LogP contribution in [0.25, 0.3) is 0 Å². The Bertz CT molecular complexity index is 670. The molecule has 2 rings (SSSR count). The quantitative estimate of drug-likeness (QED) is 0.788. The first-order valence-electron chi connectivity index (χ1n) is 7.55. The third-order valence-corrected chi connectivity index (χ3v) is 4.23. The van der Waals surface area contributed by atoms with Crippen molar-refractivity contribution in [3.05, 3.63) is 30.1 Å². The van der Waals surface area contributed by atoms with E-state index in [2.05, 4.69) is 36.3 Å². The van der Waals surface area contributed by atoms with Gasteiger partial charge in [0.2, 0.25) is 5.91 Å². The number of hydrogen-bond donors (Lipinski definition) is 1. The molecule has 1 heterocycles. The maximum Gasteiger partial charge on any atom is 0.234 e. The highest BCUT2D eigenvalue weighted by Gasteiger charge is 2.15. The fourth-order valence-corrected chi connectivity index (χ4v) is 2.97.